The van der Waals surface area contributed by atoms with Crippen molar-refractivity contribution in [2.75, 3.05) is 22.9 Å². The molecule has 0 saturated carbocycles. The van der Waals surface area contributed by atoms with E-state index >= 15 is 0 Å². The summed E-state index contributed by atoms with van der Waals surface area (Å²) in [4.78, 5) is 19.7. The van der Waals surface area contributed by atoms with E-state index in [2.05, 4.69) is 15.3 Å². The topological polar surface area (TPSA) is 113 Å². The van der Waals surface area contributed by atoms with E-state index in [4.69, 9.17) is 4.74 Å². The number of hydrogen-bond donors (Lipinski definition) is 3. The number of nitrogens with one attached hydrogen (secondary N) is 3. The van der Waals surface area contributed by atoms with Gasteiger partial charge in [-0.05, 0) is 24.6 Å². The molecule has 0 fully saturated rings. The number of carbonyl (C=O) groups is 1. The molecule has 0 spiro atoms. The van der Waals surface area contributed by atoms with Gasteiger partial charge in [-0.25, -0.2) is 22.2 Å². The first-order valence-corrected chi connectivity index (χ1v) is 10.7. The highest BCUT2D eigenvalue weighted by Gasteiger charge is 2.23. The molecule has 2 aromatic heterocycles. The zero-order chi connectivity index (χ0) is 21.9. The van der Waals surface area contributed by atoms with Gasteiger partial charge in [0.25, 0.3) is 5.91 Å². The molecule has 2 heterocycles. The standard InChI is InChI=1S/C19H20F2N4O4S/c1-3-6-30(27,28)25-15-5-4-14(20)16(17(15)21)19(26)24-12-7-13-11(10-29-2)8-22-18(13)23-9-12/h4-5,7-9,25H,3,6,10H2,1-2H3,(H,22,23)(H,24,26). The number of sulfonamides is 1. The van der Waals surface area contributed by atoms with Gasteiger partial charge < -0.3 is 15.0 Å². The first-order valence-electron chi connectivity index (χ1n) is 9.00. The largest absolute Gasteiger partial charge is 0.380 e. The number of aromatic amines is 1. The zero-order valence-electron chi connectivity index (χ0n) is 16.3. The van der Waals surface area contributed by atoms with Gasteiger partial charge in [0.2, 0.25) is 10.0 Å². The molecule has 3 rings (SSSR count). The molecule has 0 bridgehead atoms. The Morgan fingerprint density at radius 2 is 2.07 bits per heavy atom. The third-order valence-electron chi connectivity index (χ3n) is 4.23. The van der Waals surface area contributed by atoms with Crippen LogP contribution in [-0.2, 0) is 21.4 Å². The SMILES string of the molecule is CCCS(=O)(=O)Nc1ccc(F)c(C(=O)Nc2cnc3[nH]cc(COC)c3c2)c1F. The van der Waals surface area contributed by atoms with E-state index in [1.807, 2.05) is 4.72 Å². The van der Waals surface area contributed by atoms with Crippen LogP contribution in [0.3, 0.4) is 0 Å². The highest BCUT2D eigenvalue weighted by atomic mass is 32.2. The molecule has 30 heavy (non-hydrogen) atoms. The van der Waals surface area contributed by atoms with Crippen molar-refractivity contribution in [3.8, 4) is 0 Å². The summed E-state index contributed by atoms with van der Waals surface area (Å²) in [6.45, 7) is 1.95. The van der Waals surface area contributed by atoms with Gasteiger partial charge in [-0.1, -0.05) is 6.92 Å². The molecule has 0 atom stereocenters. The highest BCUT2D eigenvalue weighted by molar-refractivity contribution is 7.92. The fourth-order valence-corrected chi connectivity index (χ4v) is 4.05. The number of methoxy groups -OCH3 is 1. The summed E-state index contributed by atoms with van der Waals surface area (Å²) in [5, 5.41) is 3.07. The monoisotopic (exact) mass is 438 g/mol. The van der Waals surface area contributed by atoms with Gasteiger partial charge in [0, 0.05) is 24.3 Å². The van der Waals surface area contributed by atoms with Crippen LogP contribution in [0.2, 0.25) is 0 Å². The summed E-state index contributed by atoms with van der Waals surface area (Å²) in [7, 11) is -2.29. The van der Waals surface area contributed by atoms with Crippen LogP contribution in [0, 0.1) is 11.6 Å². The number of ether oxygens (including phenoxy) is 1. The number of amides is 1. The van der Waals surface area contributed by atoms with E-state index in [1.54, 1.807) is 19.2 Å². The predicted molar refractivity (Wildman–Crippen MR) is 109 cm³/mol. The van der Waals surface area contributed by atoms with Gasteiger partial charge in [-0.2, -0.15) is 0 Å². The Balaban J connectivity index is 1.90. The minimum absolute atomic E-state index is 0.209. The van der Waals surface area contributed by atoms with Gasteiger partial charge in [0.15, 0.2) is 5.82 Å². The number of carbonyl (C=O) groups excluding carboxylic acids is 1. The second kappa shape index (κ2) is 8.76. The minimum atomic E-state index is -3.82. The summed E-state index contributed by atoms with van der Waals surface area (Å²) >= 11 is 0. The number of rotatable bonds is 8. The molecule has 0 aliphatic rings. The van der Waals surface area contributed by atoms with Crippen LogP contribution < -0.4 is 10.0 Å². The lowest BCUT2D eigenvalue weighted by atomic mass is 10.1. The summed E-state index contributed by atoms with van der Waals surface area (Å²) in [5.41, 5.74) is 0.153. The number of pyridine rings is 1. The van der Waals surface area contributed by atoms with E-state index in [-0.39, 0.29) is 11.4 Å². The minimum Gasteiger partial charge on any atom is -0.380 e. The highest BCUT2D eigenvalue weighted by Crippen LogP contribution is 2.25. The van der Waals surface area contributed by atoms with Crippen molar-refractivity contribution in [1.82, 2.24) is 9.97 Å². The lowest BCUT2D eigenvalue weighted by molar-refractivity contribution is 0.101. The molecule has 160 valence electrons. The molecule has 0 unspecified atom stereocenters. The van der Waals surface area contributed by atoms with Gasteiger partial charge in [0.05, 0.1) is 29.9 Å². The molecular formula is C19H20F2N4O4S. The Morgan fingerprint density at radius 1 is 1.30 bits per heavy atom. The maximum Gasteiger partial charge on any atom is 0.261 e. The second-order valence-corrected chi connectivity index (χ2v) is 8.37. The van der Waals surface area contributed by atoms with Crippen molar-refractivity contribution in [1.29, 1.82) is 0 Å². The van der Waals surface area contributed by atoms with Crippen LogP contribution in [0.25, 0.3) is 11.0 Å². The van der Waals surface area contributed by atoms with Crippen LogP contribution in [0.4, 0.5) is 20.2 Å². The lowest BCUT2D eigenvalue weighted by Crippen LogP contribution is -2.20. The Hall–Kier alpha value is -3.05. The molecule has 11 heteroatoms. The average molecular weight is 438 g/mol. The number of benzene rings is 1. The summed E-state index contributed by atoms with van der Waals surface area (Å²) in [6.07, 6.45) is 3.35. The average Bonchev–Trinajstić information content (AvgIpc) is 3.07. The fourth-order valence-electron chi connectivity index (χ4n) is 2.92. The molecule has 3 N–H and O–H groups in total. The van der Waals surface area contributed by atoms with Crippen LogP contribution in [-0.4, -0.2) is 37.2 Å². The van der Waals surface area contributed by atoms with Crippen LogP contribution in [0.1, 0.15) is 29.3 Å². The maximum absolute atomic E-state index is 14.8. The van der Waals surface area contributed by atoms with Gasteiger partial charge in [-0.15, -0.1) is 0 Å². The van der Waals surface area contributed by atoms with Crippen molar-refractivity contribution in [2.24, 2.45) is 0 Å². The van der Waals surface area contributed by atoms with Crippen molar-refractivity contribution >= 4 is 38.3 Å². The van der Waals surface area contributed by atoms with E-state index in [9.17, 15) is 22.0 Å². The van der Waals surface area contributed by atoms with E-state index in [1.165, 1.54) is 13.3 Å². The zero-order valence-corrected chi connectivity index (χ0v) is 17.1. The molecule has 0 saturated heterocycles. The van der Waals surface area contributed by atoms with Crippen molar-refractivity contribution in [2.45, 2.75) is 20.0 Å². The third-order valence-corrected chi connectivity index (χ3v) is 5.71. The number of nitrogens with zero attached hydrogens (tertiary/aromatic N) is 1. The van der Waals surface area contributed by atoms with Gasteiger partial charge >= 0.3 is 0 Å². The predicted octanol–water partition coefficient (Wildman–Crippen LogP) is 3.39. The third kappa shape index (κ3) is 4.57. The van der Waals surface area contributed by atoms with Crippen LogP contribution >= 0.6 is 0 Å². The maximum atomic E-state index is 14.8. The summed E-state index contributed by atoms with van der Waals surface area (Å²) in [6, 6.07) is 3.35. The number of fused-ring (bicyclic) bond motifs is 1. The molecule has 0 aliphatic carbocycles. The van der Waals surface area contributed by atoms with E-state index in [0.717, 1.165) is 17.7 Å². The number of hydrogen-bond acceptors (Lipinski definition) is 5. The second-order valence-electron chi connectivity index (χ2n) is 6.53. The molecule has 0 aliphatic heterocycles. The van der Waals surface area contributed by atoms with Crippen LogP contribution in [0.5, 0.6) is 0 Å². The van der Waals surface area contributed by atoms with Crippen LogP contribution in [0.15, 0.2) is 30.6 Å². The first kappa shape index (κ1) is 21.7. The molecular weight excluding hydrogens is 418 g/mol. The lowest BCUT2D eigenvalue weighted by Gasteiger charge is -2.12. The number of aromatic nitrogens is 2. The number of halogens is 2. The number of H-pyrrole nitrogens is 1. The molecule has 1 aromatic carbocycles. The Morgan fingerprint density at radius 3 is 2.77 bits per heavy atom. The molecule has 1 amide bonds. The van der Waals surface area contributed by atoms with Gasteiger partial charge in [-0.3, -0.25) is 9.52 Å². The Kier molecular flexibility index (Phi) is 6.32. The molecule has 0 radical (unpaired) electrons. The van der Waals surface area contributed by atoms with E-state index < -0.39 is 38.8 Å². The van der Waals surface area contributed by atoms with Crippen molar-refractivity contribution < 1.29 is 26.7 Å². The van der Waals surface area contributed by atoms with Crippen molar-refractivity contribution in [3.05, 3.63) is 53.4 Å². The molecule has 3 aromatic rings. The Labute approximate surface area is 171 Å². The van der Waals surface area contributed by atoms with Gasteiger partial charge in [0.1, 0.15) is 17.0 Å². The fraction of sp³-hybridized carbons (Fsp3) is 0.263. The summed E-state index contributed by atoms with van der Waals surface area (Å²) in [5.74, 6) is -3.74. The normalized spacial score (nSPS) is 11.6. The summed E-state index contributed by atoms with van der Waals surface area (Å²) < 4.78 is 59.9. The quantitative estimate of drug-likeness (QED) is 0.499. The van der Waals surface area contributed by atoms with Crippen molar-refractivity contribution in [3.63, 3.8) is 0 Å². The Bertz CT molecular complexity index is 1190. The molecule has 8 nitrogen and oxygen atoms in total. The van der Waals surface area contributed by atoms with E-state index in [0.29, 0.717) is 24.1 Å². The number of anilines is 2. The smallest absolute Gasteiger partial charge is 0.261 e. The first-order chi connectivity index (χ1) is 14.3.